The summed E-state index contributed by atoms with van der Waals surface area (Å²) in [6, 6.07) is 17.3. The summed E-state index contributed by atoms with van der Waals surface area (Å²) in [6.07, 6.45) is 4.50. The molecule has 2 aliphatic rings. The van der Waals surface area contributed by atoms with Crippen LogP contribution in [0.2, 0.25) is 0 Å². The highest BCUT2D eigenvalue weighted by Gasteiger charge is 2.37. The summed E-state index contributed by atoms with van der Waals surface area (Å²) in [5.41, 5.74) is 2.97. The lowest BCUT2D eigenvalue weighted by Crippen LogP contribution is -2.88. The van der Waals surface area contributed by atoms with E-state index in [9.17, 15) is 0 Å². The standard InChI is InChI=1S/C23H29NO3/c1-2-5-19(6-3-1)7-4-12-24-18-23(10-13-25-14-11-23)20-8-9-21-22(17-20)27-16-15-26-21/h1-3,5-6,8-9,17,24H,4,7,10-16,18H2/p+1. The van der Waals surface area contributed by atoms with Crippen molar-refractivity contribution in [2.24, 2.45) is 0 Å². The summed E-state index contributed by atoms with van der Waals surface area (Å²) in [4.78, 5) is 0. The van der Waals surface area contributed by atoms with E-state index in [1.807, 2.05) is 0 Å². The third-order valence-corrected chi connectivity index (χ3v) is 5.86. The predicted molar refractivity (Wildman–Crippen MR) is 106 cm³/mol. The second kappa shape index (κ2) is 8.77. The highest BCUT2D eigenvalue weighted by molar-refractivity contribution is 5.46. The van der Waals surface area contributed by atoms with Crippen molar-refractivity contribution in [1.82, 2.24) is 0 Å². The van der Waals surface area contributed by atoms with Crippen LogP contribution >= 0.6 is 0 Å². The van der Waals surface area contributed by atoms with Gasteiger partial charge in [0.1, 0.15) is 13.2 Å². The second-order valence-electron chi connectivity index (χ2n) is 7.62. The molecule has 1 saturated heterocycles. The van der Waals surface area contributed by atoms with Crippen LogP contribution in [-0.2, 0) is 16.6 Å². The Labute approximate surface area is 161 Å². The summed E-state index contributed by atoms with van der Waals surface area (Å²) in [7, 11) is 0. The molecule has 0 aromatic heterocycles. The Morgan fingerprint density at radius 2 is 1.63 bits per heavy atom. The van der Waals surface area contributed by atoms with Gasteiger partial charge in [-0.05, 0) is 42.5 Å². The molecule has 2 heterocycles. The number of hydrogen-bond donors (Lipinski definition) is 1. The van der Waals surface area contributed by atoms with E-state index in [1.54, 1.807) is 0 Å². The van der Waals surface area contributed by atoms with Crippen molar-refractivity contribution in [2.45, 2.75) is 31.1 Å². The van der Waals surface area contributed by atoms with Crippen molar-refractivity contribution in [1.29, 1.82) is 0 Å². The van der Waals surface area contributed by atoms with Crippen LogP contribution in [0.3, 0.4) is 0 Å². The number of rotatable bonds is 7. The maximum Gasteiger partial charge on any atom is 0.161 e. The topological polar surface area (TPSA) is 44.3 Å². The summed E-state index contributed by atoms with van der Waals surface area (Å²) in [5.74, 6) is 1.77. The quantitative estimate of drug-likeness (QED) is 0.765. The minimum Gasteiger partial charge on any atom is -0.486 e. The van der Waals surface area contributed by atoms with Gasteiger partial charge in [-0.2, -0.15) is 0 Å². The molecule has 0 bridgehead atoms. The van der Waals surface area contributed by atoms with E-state index >= 15 is 0 Å². The highest BCUT2D eigenvalue weighted by atomic mass is 16.6. The number of benzene rings is 2. The second-order valence-corrected chi connectivity index (χ2v) is 7.62. The molecule has 2 N–H and O–H groups in total. The van der Waals surface area contributed by atoms with Crippen LogP contribution in [0.25, 0.3) is 0 Å². The predicted octanol–water partition coefficient (Wildman–Crippen LogP) is 2.70. The molecule has 27 heavy (non-hydrogen) atoms. The molecule has 1 fully saturated rings. The van der Waals surface area contributed by atoms with E-state index in [2.05, 4.69) is 53.8 Å². The summed E-state index contributed by atoms with van der Waals surface area (Å²) < 4.78 is 17.2. The fraction of sp³-hybridized carbons (Fsp3) is 0.478. The first-order valence-corrected chi connectivity index (χ1v) is 10.2. The molecule has 0 spiro atoms. The molecule has 0 amide bonds. The zero-order chi connectivity index (χ0) is 18.4. The Morgan fingerprint density at radius 3 is 2.44 bits per heavy atom. The van der Waals surface area contributed by atoms with Gasteiger partial charge in [-0.15, -0.1) is 0 Å². The molecule has 4 rings (SSSR count). The van der Waals surface area contributed by atoms with Crippen molar-refractivity contribution < 1.29 is 19.5 Å². The first kappa shape index (κ1) is 18.3. The molecule has 144 valence electrons. The zero-order valence-electron chi connectivity index (χ0n) is 16.0. The maximum absolute atomic E-state index is 5.83. The van der Waals surface area contributed by atoms with Gasteiger partial charge in [0.25, 0.3) is 0 Å². The Hall–Kier alpha value is -2.04. The van der Waals surface area contributed by atoms with E-state index in [4.69, 9.17) is 14.2 Å². The third kappa shape index (κ3) is 4.45. The lowest BCUT2D eigenvalue weighted by atomic mass is 9.74. The molecular weight excluding hydrogens is 338 g/mol. The van der Waals surface area contributed by atoms with Gasteiger partial charge in [0.15, 0.2) is 11.5 Å². The monoisotopic (exact) mass is 368 g/mol. The van der Waals surface area contributed by atoms with Gasteiger partial charge in [0.2, 0.25) is 0 Å². The van der Waals surface area contributed by atoms with Crippen molar-refractivity contribution in [3.8, 4) is 11.5 Å². The minimum absolute atomic E-state index is 0.167. The van der Waals surface area contributed by atoms with Crippen LogP contribution in [0, 0.1) is 0 Å². The molecule has 4 heteroatoms. The van der Waals surface area contributed by atoms with E-state index in [1.165, 1.54) is 17.5 Å². The Morgan fingerprint density at radius 1 is 0.852 bits per heavy atom. The molecule has 2 aromatic carbocycles. The van der Waals surface area contributed by atoms with E-state index in [0.717, 1.165) is 57.1 Å². The van der Waals surface area contributed by atoms with Gasteiger partial charge in [0.05, 0.1) is 13.1 Å². The van der Waals surface area contributed by atoms with Crippen LogP contribution in [0.15, 0.2) is 48.5 Å². The normalized spacial score (nSPS) is 18.2. The first-order valence-electron chi connectivity index (χ1n) is 10.2. The Balaban J connectivity index is 1.38. The van der Waals surface area contributed by atoms with E-state index in [0.29, 0.717) is 13.2 Å². The lowest BCUT2D eigenvalue weighted by molar-refractivity contribution is -0.663. The van der Waals surface area contributed by atoms with Crippen LogP contribution in [-0.4, -0.2) is 39.5 Å². The number of hydrogen-bond acceptors (Lipinski definition) is 3. The van der Waals surface area contributed by atoms with Gasteiger partial charge >= 0.3 is 0 Å². The summed E-state index contributed by atoms with van der Waals surface area (Å²) in [5, 5.41) is 2.49. The third-order valence-electron chi connectivity index (χ3n) is 5.86. The van der Waals surface area contributed by atoms with Gasteiger partial charge in [-0.3, -0.25) is 0 Å². The van der Waals surface area contributed by atoms with Gasteiger partial charge in [-0.1, -0.05) is 36.4 Å². The molecule has 4 nitrogen and oxygen atoms in total. The lowest BCUT2D eigenvalue weighted by Gasteiger charge is -2.36. The zero-order valence-corrected chi connectivity index (χ0v) is 16.0. The molecule has 0 radical (unpaired) electrons. The van der Waals surface area contributed by atoms with Crippen LogP contribution < -0.4 is 14.8 Å². The Kier molecular flexibility index (Phi) is 5.95. The van der Waals surface area contributed by atoms with Crippen molar-refractivity contribution in [3.05, 3.63) is 59.7 Å². The molecule has 0 atom stereocenters. The number of quaternary nitrogens is 1. The fourth-order valence-corrected chi connectivity index (χ4v) is 4.22. The fourth-order valence-electron chi connectivity index (χ4n) is 4.22. The van der Waals surface area contributed by atoms with E-state index in [-0.39, 0.29) is 5.41 Å². The smallest absolute Gasteiger partial charge is 0.161 e. The molecule has 0 unspecified atom stereocenters. The summed E-state index contributed by atoms with van der Waals surface area (Å²) >= 11 is 0. The molecular formula is C23H30NO3+. The number of aryl methyl sites for hydroxylation is 1. The van der Waals surface area contributed by atoms with E-state index < -0.39 is 0 Å². The van der Waals surface area contributed by atoms with Crippen molar-refractivity contribution in [2.75, 3.05) is 39.5 Å². The van der Waals surface area contributed by atoms with Crippen molar-refractivity contribution >= 4 is 0 Å². The highest BCUT2D eigenvalue weighted by Crippen LogP contribution is 2.39. The molecule has 2 aliphatic heterocycles. The SMILES string of the molecule is c1ccc(CCC[NH2+]CC2(c3ccc4c(c3)OCCO4)CCOCC2)cc1. The molecule has 0 aliphatic carbocycles. The average Bonchev–Trinajstić information content (AvgIpc) is 2.74. The van der Waals surface area contributed by atoms with Crippen LogP contribution in [0.4, 0.5) is 0 Å². The summed E-state index contributed by atoms with van der Waals surface area (Å²) in [6.45, 7) is 5.21. The van der Waals surface area contributed by atoms with Gasteiger partial charge < -0.3 is 19.5 Å². The van der Waals surface area contributed by atoms with Gasteiger partial charge in [0, 0.05) is 25.0 Å². The van der Waals surface area contributed by atoms with Gasteiger partial charge in [-0.25, -0.2) is 0 Å². The van der Waals surface area contributed by atoms with Crippen LogP contribution in [0.5, 0.6) is 11.5 Å². The number of nitrogens with two attached hydrogens (primary N) is 1. The Bertz CT molecular complexity index is 726. The molecule has 0 saturated carbocycles. The van der Waals surface area contributed by atoms with Crippen LogP contribution in [0.1, 0.15) is 30.4 Å². The molecule has 2 aromatic rings. The first-order chi connectivity index (χ1) is 13.4. The number of fused-ring (bicyclic) bond motifs is 1. The number of ether oxygens (including phenoxy) is 3. The van der Waals surface area contributed by atoms with Crippen molar-refractivity contribution in [3.63, 3.8) is 0 Å². The minimum atomic E-state index is 0.167. The maximum atomic E-state index is 5.83. The average molecular weight is 368 g/mol. The largest absolute Gasteiger partial charge is 0.486 e.